The largest absolute Gasteiger partial charge is 0.464 e. The fourth-order valence-corrected chi connectivity index (χ4v) is 3.23. The lowest BCUT2D eigenvalue weighted by atomic mass is 10.3. The average molecular weight is 328 g/mol. The molecule has 0 unspecified atom stereocenters. The molecule has 24 heavy (non-hydrogen) atoms. The van der Waals surface area contributed by atoms with Gasteiger partial charge in [0.15, 0.2) is 0 Å². The van der Waals surface area contributed by atoms with E-state index < -0.39 is 0 Å². The molecule has 2 aliphatic carbocycles. The molecule has 1 N–H and O–H groups in total. The molecule has 128 valence electrons. The Morgan fingerprint density at radius 3 is 2.79 bits per heavy atom. The molecule has 0 radical (unpaired) electrons. The van der Waals surface area contributed by atoms with Crippen LogP contribution in [-0.2, 0) is 13.6 Å². The molecule has 2 heterocycles. The first-order chi connectivity index (χ1) is 11.5. The monoisotopic (exact) mass is 328 g/mol. The Bertz CT molecular complexity index is 759. The molecule has 6 heteroatoms. The summed E-state index contributed by atoms with van der Waals surface area (Å²) in [7, 11) is 1.83. The van der Waals surface area contributed by atoms with Gasteiger partial charge in [0.2, 0.25) is 0 Å². The summed E-state index contributed by atoms with van der Waals surface area (Å²) in [5.41, 5.74) is 0.889. The summed E-state index contributed by atoms with van der Waals surface area (Å²) >= 11 is 0. The number of nitrogens with one attached hydrogen (secondary N) is 1. The van der Waals surface area contributed by atoms with E-state index in [1.54, 1.807) is 4.68 Å². The van der Waals surface area contributed by atoms with E-state index in [9.17, 15) is 4.79 Å². The summed E-state index contributed by atoms with van der Waals surface area (Å²) in [6.07, 6.45) is 3.33. The second-order valence-electron chi connectivity index (χ2n) is 7.21. The molecule has 0 spiro atoms. The number of hydrogen-bond acceptors (Lipinski definition) is 3. The lowest BCUT2D eigenvalue weighted by Crippen LogP contribution is -2.36. The van der Waals surface area contributed by atoms with Crippen molar-refractivity contribution in [1.29, 1.82) is 0 Å². The van der Waals surface area contributed by atoms with Crippen molar-refractivity contribution in [3.05, 3.63) is 35.4 Å². The molecular weight excluding hydrogens is 304 g/mol. The molecule has 0 saturated heterocycles. The number of furan rings is 1. The SMILES string of the molecule is Cc1cc(NC(=O)N(Cc2ccc([C@@H]3C[C@@H]3C)o2)C2CC2)n(C)n1. The molecule has 6 nitrogen and oxygen atoms in total. The molecule has 0 aromatic carbocycles. The molecule has 2 amide bonds. The van der Waals surface area contributed by atoms with Gasteiger partial charge in [-0.1, -0.05) is 6.92 Å². The maximum Gasteiger partial charge on any atom is 0.323 e. The maximum atomic E-state index is 12.7. The summed E-state index contributed by atoms with van der Waals surface area (Å²) in [5.74, 6) is 3.94. The van der Waals surface area contributed by atoms with E-state index >= 15 is 0 Å². The summed E-state index contributed by atoms with van der Waals surface area (Å²) in [6, 6.07) is 6.18. The fourth-order valence-electron chi connectivity index (χ4n) is 3.23. The van der Waals surface area contributed by atoms with Crippen LogP contribution in [0.2, 0.25) is 0 Å². The van der Waals surface area contributed by atoms with Crippen molar-refractivity contribution in [2.75, 3.05) is 5.32 Å². The number of aryl methyl sites for hydroxylation is 2. The number of anilines is 1. The van der Waals surface area contributed by atoms with Gasteiger partial charge in [0, 0.05) is 25.1 Å². The van der Waals surface area contributed by atoms with Gasteiger partial charge in [-0.3, -0.25) is 10.00 Å². The van der Waals surface area contributed by atoms with E-state index in [4.69, 9.17) is 4.42 Å². The van der Waals surface area contributed by atoms with E-state index in [1.807, 2.05) is 31.0 Å². The number of nitrogens with zero attached hydrogens (tertiary/aromatic N) is 3. The van der Waals surface area contributed by atoms with E-state index in [0.29, 0.717) is 18.5 Å². The first-order valence-corrected chi connectivity index (χ1v) is 8.68. The van der Waals surface area contributed by atoms with Gasteiger partial charge in [-0.05, 0) is 44.2 Å². The Balaban J connectivity index is 1.45. The highest BCUT2D eigenvalue weighted by Gasteiger charge is 2.37. The Labute approximate surface area is 141 Å². The Morgan fingerprint density at radius 2 is 2.21 bits per heavy atom. The van der Waals surface area contributed by atoms with Gasteiger partial charge in [0.1, 0.15) is 17.3 Å². The standard InChI is InChI=1S/C18H24N4O2/c1-11-8-15(11)16-7-6-14(24-16)10-22(13-4-5-13)18(23)19-17-9-12(2)20-21(17)3/h6-7,9,11,13,15H,4-5,8,10H2,1-3H3,(H,19,23)/t11-,15+/m0/s1. The van der Waals surface area contributed by atoms with Crippen molar-refractivity contribution in [1.82, 2.24) is 14.7 Å². The third-order valence-electron chi connectivity index (χ3n) is 4.97. The Hall–Kier alpha value is -2.24. The van der Waals surface area contributed by atoms with Gasteiger partial charge in [-0.25, -0.2) is 4.79 Å². The zero-order valence-electron chi connectivity index (χ0n) is 14.5. The van der Waals surface area contributed by atoms with Crippen molar-refractivity contribution in [2.24, 2.45) is 13.0 Å². The van der Waals surface area contributed by atoms with Crippen LogP contribution in [0.1, 0.15) is 49.3 Å². The minimum atomic E-state index is -0.0850. The first kappa shape index (κ1) is 15.3. The molecule has 2 aromatic rings. The normalized spacial score (nSPS) is 22.5. The second kappa shape index (κ2) is 5.69. The number of carbonyl (C=O) groups excluding carboxylic acids is 1. The zero-order chi connectivity index (χ0) is 16.8. The number of hydrogen-bond donors (Lipinski definition) is 1. The Morgan fingerprint density at radius 1 is 1.46 bits per heavy atom. The van der Waals surface area contributed by atoms with Crippen LogP contribution in [0, 0.1) is 12.8 Å². The lowest BCUT2D eigenvalue weighted by Gasteiger charge is -2.21. The molecule has 2 saturated carbocycles. The van der Waals surface area contributed by atoms with Gasteiger partial charge >= 0.3 is 6.03 Å². The van der Waals surface area contributed by atoms with Gasteiger partial charge < -0.3 is 9.32 Å². The second-order valence-corrected chi connectivity index (χ2v) is 7.21. The van der Waals surface area contributed by atoms with Crippen LogP contribution in [0.5, 0.6) is 0 Å². The van der Waals surface area contributed by atoms with Crippen molar-refractivity contribution in [3.8, 4) is 0 Å². The van der Waals surface area contributed by atoms with E-state index in [2.05, 4.69) is 23.4 Å². The molecule has 2 atom stereocenters. The molecule has 4 rings (SSSR count). The van der Waals surface area contributed by atoms with Gasteiger partial charge in [0.25, 0.3) is 0 Å². The van der Waals surface area contributed by atoms with Crippen molar-refractivity contribution < 1.29 is 9.21 Å². The summed E-state index contributed by atoms with van der Waals surface area (Å²) in [5, 5.41) is 7.24. The number of amides is 2. The fraction of sp³-hybridized carbons (Fsp3) is 0.556. The van der Waals surface area contributed by atoms with Crippen LogP contribution in [-0.4, -0.2) is 26.8 Å². The Kier molecular flexibility index (Phi) is 3.62. The van der Waals surface area contributed by atoms with E-state index in [-0.39, 0.29) is 6.03 Å². The molecule has 2 aromatic heterocycles. The molecular formula is C18H24N4O2. The number of rotatable bonds is 5. The van der Waals surface area contributed by atoms with E-state index in [1.165, 1.54) is 6.42 Å². The first-order valence-electron chi connectivity index (χ1n) is 8.68. The number of carbonyl (C=O) groups is 1. The summed E-state index contributed by atoms with van der Waals surface area (Å²) < 4.78 is 7.67. The van der Waals surface area contributed by atoms with Crippen molar-refractivity contribution in [3.63, 3.8) is 0 Å². The highest BCUT2D eigenvalue weighted by Crippen LogP contribution is 2.47. The molecule has 2 aliphatic rings. The third kappa shape index (κ3) is 3.05. The highest BCUT2D eigenvalue weighted by molar-refractivity contribution is 5.88. The molecule has 0 bridgehead atoms. The van der Waals surface area contributed by atoms with Gasteiger partial charge in [0.05, 0.1) is 12.2 Å². The number of aromatic nitrogens is 2. The third-order valence-corrected chi connectivity index (χ3v) is 4.97. The lowest BCUT2D eigenvalue weighted by molar-refractivity contribution is 0.200. The highest BCUT2D eigenvalue weighted by atomic mass is 16.3. The van der Waals surface area contributed by atoms with Crippen LogP contribution in [0.15, 0.2) is 22.6 Å². The quantitative estimate of drug-likeness (QED) is 0.911. The molecule has 0 aliphatic heterocycles. The molecule has 2 fully saturated rings. The minimum absolute atomic E-state index is 0.0850. The van der Waals surface area contributed by atoms with E-state index in [0.717, 1.165) is 41.8 Å². The predicted octanol–water partition coefficient (Wildman–Crippen LogP) is 3.64. The van der Waals surface area contributed by atoms with Gasteiger partial charge in [-0.15, -0.1) is 0 Å². The van der Waals surface area contributed by atoms with Crippen LogP contribution < -0.4 is 5.32 Å². The van der Waals surface area contributed by atoms with Crippen molar-refractivity contribution in [2.45, 2.75) is 51.6 Å². The van der Waals surface area contributed by atoms with Gasteiger partial charge in [-0.2, -0.15) is 5.10 Å². The summed E-state index contributed by atoms with van der Waals surface area (Å²) in [4.78, 5) is 14.6. The predicted molar refractivity (Wildman–Crippen MR) is 90.8 cm³/mol. The van der Waals surface area contributed by atoms with Crippen LogP contribution >= 0.6 is 0 Å². The van der Waals surface area contributed by atoms with Crippen LogP contribution in [0.4, 0.5) is 10.6 Å². The zero-order valence-corrected chi connectivity index (χ0v) is 14.5. The van der Waals surface area contributed by atoms with Crippen molar-refractivity contribution >= 4 is 11.8 Å². The summed E-state index contributed by atoms with van der Waals surface area (Å²) in [6.45, 7) is 4.68. The number of urea groups is 1. The topological polar surface area (TPSA) is 63.3 Å². The average Bonchev–Trinajstić information content (AvgIpc) is 3.42. The smallest absolute Gasteiger partial charge is 0.323 e. The van der Waals surface area contributed by atoms with Crippen LogP contribution in [0.25, 0.3) is 0 Å². The van der Waals surface area contributed by atoms with Crippen LogP contribution in [0.3, 0.4) is 0 Å². The maximum absolute atomic E-state index is 12.7. The minimum Gasteiger partial charge on any atom is -0.464 e.